The molecule has 238 valence electrons. The molecule has 0 radical (unpaired) electrons. The number of likely N-dealkylation sites (tertiary alicyclic amines) is 1. The summed E-state index contributed by atoms with van der Waals surface area (Å²) in [6, 6.07) is 12.7. The molecule has 1 aromatic heterocycles. The molecule has 2 saturated carbocycles. The molecule has 2 aromatic carbocycles. The van der Waals surface area contributed by atoms with Gasteiger partial charge in [0, 0.05) is 56.4 Å². The Morgan fingerprint density at radius 1 is 1.02 bits per heavy atom. The lowest BCUT2D eigenvalue weighted by atomic mass is 9.94. The van der Waals surface area contributed by atoms with Crippen molar-refractivity contribution in [3.63, 3.8) is 0 Å². The molecule has 3 fully saturated rings. The Morgan fingerprint density at radius 2 is 1.78 bits per heavy atom. The van der Waals surface area contributed by atoms with Crippen LogP contribution in [0, 0.1) is 0 Å². The maximum absolute atomic E-state index is 13.7. The van der Waals surface area contributed by atoms with Crippen LogP contribution in [-0.4, -0.2) is 67.1 Å². The first-order valence-electron chi connectivity index (χ1n) is 15.5. The normalized spacial score (nSPS) is 17.8. The average molecular weight is 620 g/mol. The van der Waals surface area contributed by atoms with E-state index in [9.17, 15) is 23.2 Å². The Bertz CT molecular complexity index is 1670. The molecule has 6 rings (SSSR count). The predicted octanol–water partition coefficient (Wildman–Crippen LogP) is 5.24. The van der Waals surface area contributed by atoms with Gasteiger partial charge in [0.05, 0.1) is 19.2 Å². The van der Waals surface area contributed by atoms with Crippen molar-refractivity contribution in [2.24, 2.45) is 0 Å². The van der Waals surface area contributed by atoms with Gasteiger partial charge < -0.3 is 30.2 Å². The third-order valence-corrected chi connectivity index (χ3v) is 8.69. The molecule has 3 aromatic rings. The molecule has 1 saturated heterocycles. The molecular weight excluding hydrogens is 580 g/mol. The van der Waals surface area contributed by atoms with Gasteiger partial charge in [0.1, 0.15) is 5.56 Å². The fraction of sp³-hybridized carbons (Fsp3) is 0.441. The molecule has 0 spiro atoms. The molecule has 0 unspecified atom stereocenters. The van der Waals surface area contributed by atoms with Gasteiger partial charge in [-0.1, -0.05) is 12.1 Å². The topological polar surface area (TPSA) is 105 Å². The van der Waals surface area contributed by atoms with E-state index < -0.39 is 30.8 Å². The highest BCUT2D eigenvalue weighted by atomic mass is 19.3. The Hall–Kier alpha value is -4.09. The zero-order valence-electron chi connectivity index (χ0n) is 25.8. The molecule has 3 aliphatic rings. The number of pyridine rings is 1. The van der Waals surface area contributed by atoms with Gasteiger partial charge >= 0.3 is 0 Å². The van der Waals surface area contributed by atoms with Crippen molar-refractivity contribution in [1.29, 1.82) is 0 Å². The molecule has 2 amide bonds. The Balaban J connectivity index is 1.32. The van der Waals surface area contributed by atoms with E-state index in [0.29, 0.717) is 47.1 Å². The number of hydrogen-bond donors (Lipinski definition) is 3. The number of halogens is 2. The second-order valence-corrected chi connectivity index (χ2v) is 12.5. The number of nitrogens with one attached hydrogen (secondary N) is 3. The molecule has 11 heteroatoms. The number of hydrogen-bond acceptors (Lipinski definition) is 6. The van der Waals surface area contributed by atoms with Crippen LogP contribution in [0.4, 0.5) is 20.2 Å². The third kappa shape index (κ3) is 6.94. The van der Waals surface area contributed by atoms with Gasteiger partial charge in [0.25, 0.3) is 23.3 Å². The number of carbonyl (C=O) groups excluding carboxylic acids is 2. The van der Waals surface area contributed by atoms with Crippen molar-refractivity contribution in [2.75, 3.05) is 44.4 Å². The first kappa shape index (κ1) is 30.9. The van der Waals surface area contributed by atoms with Crippen molar-refractivity contribution in [3.8, 4) is 11.1 Å². The molecule has 0 bridgehead atoms. The predicted molar refractivity (Wildman–Crippen MR) is 169 cm³/mol. The number of amides is 2. The molecule has 1 aliphatic heterocycles. The van der Waals surface area contributed by atoms with Crippen molar-refractivity contribution < 1.29 is 23.1 Å². The molecular formula is C34H39F2N5O4. The minimum atomic E-state index is -2.88. The highest BCUT2D eigenvalue weighted by Gasteiger charge is 2.46. The lowest BCUT2D eigenvalue weighted by Gasteiger charge is -2.39. The zero-order chi connectivity index (χ0) is 31.9. The summed E-state index contributed by atoms with van der Waals surface area (Å²) < 4.78 is 34.3. The highest BCUT2D eigenvalue weighted by molar-refractivity contribution is 6.05. The van der Waals surface area contributed by atoms with Gasteiger partial charge in [-0.2, -0.15) is 0 Å². The Morgan fingerprint density at radius 3 is 2.42 bits per heavy atom. The van der Waals surface area contributed by atoms with Crippen LogP contribution < -0.4 is 21.5 Å². The average Bonchev–Trinajstić information content (AvgIpc) is 3.93. The number of anilines is 2. The van der Waals surface area contributed by atoms with Gasteiger partial charge in [-0.25, -0.2) is 8.78 Å². The fourth-order valence-electron chi connectivity index (χ4n) is 5.73. The Kier molecular flexibility index (Phi) is 8.49. The van der Waals surface area contributed by atoms with Gasteiger partial charge in [-0.3, -0.25) is 14.4 Å². The van der Waals surface area contributed by atoms with Crippen LogP contribution in [0.2, 0.25) is 0 Å². The summed E-state index contributed by atoms with van der Waals surface area (Å²) in [7, 11) is 3.38. The lowest BCUT2D eigenvalue weighted by molar-refractivity contribution is -0.113. The standard InChI is InChI=1S/C34H39F2N5O4/c1-20(45-3)15-38-16-21-10-30(33(44)41(17-21)27-7-8-27)31(42)39-26-12-23(22-4-5-22)11-24(13-26)28-9-6-25(37-2)14-29(28)32(43)40-18-34(35,36)19-40/h6,9-14,17,20,22,27,37-38H,4-5,7-8,15-16,18-19H2,1-3H3,(H,39,42)/t20-/m0/s1. The summed E-state index contributed by atoms with van der Waals surface area (Å²) >= 11 is 0. The number of aromatic nitrogens is 1. The summed E-state index contributed by atoms with van der Waals surface area (Å²) in [6.45, 7) is 1.83. The highest BCUT2D eigenvalue weighted by Crippen LogP contribution is 2.43. The maximum Gasteiger partial charge on any atom is 0.282 e. The van der Waals surface area contributed by atoms with E-state index >= 15 is 0 Å². The first-order valence-corrected chi connectivity index (χ1v) is 15.5. The summed E-state index contributed by atoms with van der Waals surface area (Å²) in [6.07, 6.45) is 5.66. The number of alkyl halides is 2. The number of rotatable bonds is 12. The lowest BCUT2D eigenvalue weighted by Crippen LogP contribution is -2.58. The van der Waals surface area contributed by atoms with Gasteiger partial charge in [0.2, 0.25) is 0 Å². The summed E-state index contributed by atoms with van der Waals surface area (Å²) in [4.78, 5) is 41.7. The van der Waals surface area contributed by atoms with Crippen LogP contribution in [-0.2, 0) is 11.3 Å². The second kappa shape index (κ2) is 12.4. The van der Waals surface area contributed by atoms with Crippen LogP contribution in [0.15, 0.2) is 53.5 Å². The number of carbonyl (C=O) groups is 2. The number of benzene rings is 2. The number of methoxy groups -OCH3 is 1. The fourth-order valence-corrected chi connectivity index (χ4v) is 5.73. The van der Waals surface area contributed by atoms with Gasteiger partial charge in [0.15, 0.2) is 0 Å². The third-order valence-electron chi connectivity index (χ3n) is 8.69. The second-order valence-electron chi connectivity index (χ2n) is 12.5. The molecule has 3 N–H and O–H groups in total. The van der Waals surface area contributed by atoms with Crippen LogP contribution in [0.3, 0.4) is 0 Å². The largest absolute Gasteiger partial charge is 0.388 e. The van der Waals surface area contributed by atoms with Crippen LogP contribution in [0.5, 0.6) is 0 Å². The number of ether oxygens (including phenoxy) is 1. The monoisotopic (exact) mass is 619 g/mol. The first-order chi connectivity index (χ1) is 21.5. The molecule has 2 aliphatic carbocycles. The minimum absolute atomic E-state index is 0.0205. The SMILES string of the molecule is CNc1ccc(-c2cc(NC(=O)c3cc(CNC[C@H](C)OC)cn(C4CC4)c3=O)cc(C3CC3)c2)c(C(=O)N2CC(F)(F)C2)c1. The summed E-state index contributed by atoms with van der Waals surface area (Å²) in [5.74, 6) is -3.54. The number of nitrogens with zero attached hydrogens (tertiary/aromatic N) is 2. The van der Waals surface area contributed by atoms with Crippen LogP contribution in [0.1, 0.15) is 76.4 Å². The van der Waals surface area contributed by atoms with Crippen LogP contribution >= 0.6 is 0 Å². The van der Waals surface area contributed by atoms with E-state index in [4.69, 9.17) is 4.74 Å². The van der Waals surface area contributed by atoms with Crippen LogP contribution in [0.25, 0.3) is 11.1 Å². The van der Waals surface area contributed by atoms with E-state index in [1.54, 1.807) is 43.0 Å². The van der Waals surface area contributed by atoms with Crippen molar-refractivity contribution in [3.05, 3.63) is 81.3 Å². The molecule has 1 atom stereocenters. The quantitative estimate of drug-likeness (QED) is 0.256. The molecule has 9 nitrogen and oxygen atoms in total. The maximum atomic E-state index is 13.7. The van der Waals surface area contributed by atoms with Crippen molar-refractivity contribution in [1.82, 2.24) is 14.8 Å². The van der Waals surface area contributed by atoms with Gasteiger partial charge in [-0.05, 0) is 91.1 Å². The van der Waals surface area contributed by atoms with Gasteiger partial charge in [-0.15, -0.1) is 0 Å². The van der Waals surface area contributed by atoms with E-state index in [1.165, 1.54) is 0 Å². The summed E-state index contributed by atoms with van der Waals surface area (Å²) in [5.41, 5.74) is 4.33. The van der Waals surface area contributed by atoms with Crippen molar-refractivity contribution >= 4 is 23.2 Å². The Labute approximate surface area is 261 Å². The van der Waals surface area contributed by atoms with Crippen molar-refractivity contribution in [2.45, 2.75) is 63.1 Å². The zero-order valence-corrected chi connectivity index (χ0v) is 25.8. The smallest absolute Gasteiger partial charge is 0.282 e. The van der Waals surface area contributed by atoms with E-state index in [1.807, 2.05) is 31.3 Å². The molecule has 2 heterocycles. The molecule has 45 heavy (non-hydrogen) atoms. The van der Waals surface area contributed by atoms with E-state index in [2.05, 4.69) is 16.0 Å². The minimum Gasteiger partial charge on any atom is -0.388 e. The van der Waals surface area contributed by atoms with E-state index in [-0.39, 0.29) is 23.3 Å². The summed E-state index contributed by atoms with van der Waals surface area (Å²) in [5, 5.41) is 9.29. The van der Waals surface area contributed by atoms with E-state index in [0.717, 1.165) is 41.7 Å².